The van der Waals surface area contributed by atoms with Gasteiger partial charge < -0.3 is 20.1 Å². The number of likely N-dealkylation sites (N-methyl/N-ethyl adjacent to an activating group) is 1. The topological polar surface area (TPSA) is 78.9 Å². The van der Waals surface area contributed by atoms with Crippen molar-refractivity contribution in [2.24, 2.45) is 5.92 Å². The molecule has 1 aliphatic heterocycles. The average Bonchev–Trinajstić information content (AvgIpc) is 2.85. The Labute approximate surface area is 121 Å². The van der Waals surface area contributed by atoms with Crippen LogP contribution in [0.1, 0.15) is 5.56 Å². The number of aliphatic carboxylic acids is 1. The molecule has 1 aromatic rings. The molecule has 2 amide bonds. The molecular formula is C14H17FN2O4. The second kappa shape index (κ2) is 6.09. The van der Waals surface area contributed by atoms with Crippen LogP contribution in [0.25, 0.3) is 0 Å². The van der Waals surface area contributed by atoms with Crippen LogP contribution >= 0.6 is 0 Å². The van der Waals surface area contributed by atoms with Crippen molar-refractivity contribution >= 4 is 17.7 Å². The molecule has 7 heteroatoms. The molecule has 1 fully saturated rings. The van der Waals surface area contributed by atoms with Gasteiger partial charge in [0.25, 0.3) is 0 Å². The van der Waals surface area contributed by atoms with Crippen molar-refractivity contribution in [3.05, 3.63) is 29.6 Å². The maximum Gasteiger partial charge on any atom is 0.321 e. The number of carboxylic acid groups (broad SMARTS) is 1. The molecule has 0 aliphatic carbocycles. The van der Waals surface area contributed by atoms with Crippen molar-refractivity contribution < 1.29 is 23.8 Å². The lowest BCUT2D eigenvalue weighted by molar-refractivity contribution is -0.142. The van der Waals surface area contributed by atoms with Crippen LogP contribution in [0.5, 0.6) is 0 Å². The third kappa shape index (κ3) is 3.49. The predicted molar refractivity (Wildman–Crippen MR) is 73.7 cm³/mol. The largest absolute Gasteiger partial charge is 0.481 e. The van der Waals surface area contributed by atoms with Crippen molar-refractivity contribution in [1.82, 2.24) is 4.90 Å². The van der Waals surface area contributed by atoms with E-state index in [0.29, 0.717) is 11.3 Å². The summed E-state index contributed by atoms with van der Waals surface area (Å²) in [6.07, 6.45) is 0. The van der Waals surface area contributed by atoms with E-state index in [1.54, 1.807) is 13.0 Å². The molecule has 21 heavy (non-hydrogen) atoms. The van der Waals surface area contributed by atoms with E-state index in [-0.39, 0.29) is 13.2 Å². The highest BCUT2D eigenvalue weighted by atomic mass is 19.1. The second-order valence-electron chi connectivity index (χ2n) is 5.11. The number of hydrogen-bond donors (Lipinski definition) is 2. The average molecular weight is 296 g/mol. The number of nitrogens with zero attached hydrogens (tertiary/aromatic N) is 1. The summed E-state index contributed by atoms with van der Waals surface area (Å²) in [5.41, 5.74) is 1.01. The summed E-state index contributed by atoms with van der Waals surface area (Å²) in [6, 6.07) is 3.15. The Morgan fingerprint density at radius 3 is 2.71 bits per heavy atom. The monoisotopic (exact) mass is 296 g/mol. The Morgan fingerprint density at radius 2 is 2.10 bits per heavy atom. The van der Waals surface area contributed by atoms with Crippen LogP contribution in [-0.4, -0.2) is 48.3 Å². The van der Waals surface area contributed by atoms with Gasteiger partial charge in [-0.1, -0.05) is 0 Å². The van der Waals surface area contributed by atoms with Gasteiger partial charge in [0, 0.05) is 12.7 Å². The number of halogens is 1. The Bertz CT molecular complexity index is 544. The molecule has 0 spiro atoms. The Morgan fingerprint density at radius 1 is 1.38 bits per heavy atom. The maximum absolute atomic E-state index is 13.3. The number of hydrogen-bond acceptors (Lipinski definition) is 3. The first kappa shape index (κ1) is 15.2. The highest BCUT2D eigenvalue weighted by Gasteiger charge is 2.38. The minimum atomic E-state index is -1.00. The summed E-state index contributed by atoms with van der Waals surface area (Å²) < 4.78 is 18.4. The summed E-state index contributed by atoms with van der Waals surface area (Å²) in [7, 11) is 1.50. The zero-order valence-electron chi connectivity index (χ0n) is 11.8. The number of aryl methyl sites for hydroxylation is 1. The lowest BCUT2D eigenvalue weighted by Gasteiger charge is -2.26. The normalized spacial score (nSPS) is 21.1. The van der Waals surface area contributed by atoms with Crippen molar-refractivity contribution in [1.29, 1.82) is 0 Å². The Hall–Kier alpha value is -2.15. The molecule has 114 valence electrons. The van der Waals surface area contributed by atoms with Crippen LogP contribution in [0.15, 0.2) is 18.2 Å². The fraction of sp³-hybridized carbons (Fsp3) is 0.429. The van der Waals surface area contributed by atoms with Gasteiger partial charge >= 0.3 is 12.0 Å². The molecule has 2 N–H and O–H groups in total. The third-order valence-electron chi connectivity index (χ3n) is 3.48. The number of anilines is 1. The summed E-state index contributed by atoms with van der Waals surface area (Å²) in [4.78, 5) is 24.5. The first-order valence-corrected chi connectivity index (χ1v) is 6.50. The Balaban J connectivity index is 2.07. The highest BCUT2D eigenvalue weighted by Crippen LogP contribution is 2.20. The molecule has 1 saturated heterocycles. The van der Waals surface area contributed by atoms with Gasteiger partial charge in [-0.3, -0.25) is 4.79 Å². The van der Waals surface area contributed by atoms with Gasteiger partial charge in [0.15, 0.2) is 0 Å². The molecule has 0 bridgehead atoms. The maximum atomic E-state index is 13.3. The molecule has 1 aromatic carbocycles. The van der Waals surface area contributed by atoms with Crippen molar-refractivity contribution in [3.63, 3.8) is 0 Å². The number of nitrogens with one attached hydrogen (secondary N) is 1. The van der Waals surface area contributed by atoms with E-state index in [0.717, 1.165) is 0 Å². The number of carboxylic acids is 1. The van der Waals surface area contributed by atoms with Crippen LogP contribution < -0.4 is 5.32 Å². The smallest absolute Gasteiger partial charge is 0.321 e. The number of carbonyl (C=O) groups is 2. The SMILES string of the molecule is Cc1cc(F)cc(NC(=O)N(C)C2COCC2C(=O)O)c1. The van der Waals surface area contributed by atoms with Crippen LogP contribution in [0.4, 0.5) is 14.9 Å². The third-order valence-corrected chi connectivity index (χ3v) is 3.48. The zero-order valence-corrected chi connectivity index (χ0v) is 11.8. The lowest BCUT2D eigenvalue weighted by Crippen LogP contribution is -2.45. The van der Waals surface area contributed by atoms with Gasteiger partial charge in [-0.25, -0.2) is 9.18 Å². The van der Waals surface area contributed by atoms with E-state index in [1.807, 2.05) is 0 Å². The fourth-order valence-electron chi connectivity index (χ4n) is 2.33. The van der Waals surface area contributed by atoms with Crippen molar-refractivity contribution in [3.8, 4) is 0 Å². The molecule has 6 nitrogen and oxygen atoms in total. The lowest BCUT2D eigenvalue weighted by atomic mass is 10.0. The summed E-state index contributed by atoms with van der Waals surface area (Å²) in [6.45, 7) is 1.97. The summed E-state index contributed by atoms with van der Waals surface area (Å²) >= 11 is 0. The van der Waals surface area contributed by atoms with Crippen molar-refractivity contribution in [2.75, 3.05) is 25.6 Å². The number of amides is 2. The molecule has 0 radical (unpaired) electrons. The van der Waals surface area contributed by atoms with Gasteiger partial charge in [0.2, 0.25) is 0 Å². The van der Waals surface area contributed by atoms with Crippen LogP contribution in [0.3, 0.4) is 0 Å². The van der Waals surface area contributed by atoms with E-state index >= 15 is 0 Å². The molecule has 1 heterocycles. The molecule has 0 saturated carbocycles. The number of ether oxygens (including phenoxy) is 1. The van der Waals surface area contributed by atoms with E-state index in [4.69, 9.17) is 9.84 Å². The van der Waals surface area contributed by atoms with Gasteiger partial charge in [0.05, 0.1) is 19.3 Å². The second-order valence-corrected chi connectivity index (χ2v) is 5.11. The molecule has 0 aromatic heterocycles. The molecule has 2 unspecified atom stereocenters. The number of rotatable bonds is 3. The molecular weight excluding hydrogens is 279 g/mol. The van der Waals surface area contributed by atoms with Crippen LogP contribution in [-0.2, 0) is 9.53 Å². The van der Waals surface area contributed by atoms with E-state index < -0.39 is 29.8 Å². The minimum absolute atomic E-state index is 0.0801. The molecule has 2 atom stereocenters. The number of carbonyl (C=O) groups excluding carboxylic acids is 1. The molecule has 1 aliphatic rings. The number of urea groups is 1. The fourth-order valence-corrected chi connectivity index (χ4v) is 2.33. The quantitative estimate of drug-likeness (QED) is 0.890. The van der Waals surface area contributed by atoms with E-state index in [1.165, 1.54) is 24.1 Å². The van der Waals surface area contributed by atoms with Gasteiger partial charge in [-0.2, -0.15) is 0 Å². The minimum Gasteiger partial charge on any atom is -0.481 e. The first-order valence-electron chi connectivity index (χ1n) is 6.50. The van der Waals surface area contributed by atoms with Crippen LogP contribution in [0.2, 0.25) is 0 Å². The summed E-state index contributed by atoms with van der Waals surface area (Å²) in [5, 5.41) is 11.6. The Kier molecular flexibility index (Phi) is 4.42. The van der Waals surface area contributed by atoms with Crippen LogP contribution in [0, 0.1) is 18.7 Å². The summed E-state index contributed by atoms with van der Waals surface area (Å²) in [5.74, 6) is -2.20. The standard InChI is InChI=1S/C14H17FN2O4/c1-8-3-9(15)5-10(4-8)16-14(20)17(2)12-7-21-6-11(12)13(18)19/h3-5,11-12H,6-7H2,1-2H3,(H,16,20)(H,18,19). The van der Waals surface area contributed by atoms with E-state index in [9.17, 15) is 14.0 Å². The zero-order chi connectivity index (χ0) is 15.6. The highest BCUT2D eigenvalue weighted by molar-refractivity contribution is 5.90. The first-order chi connectivity index (χ1) is 9.88. The van der Waals surface area contributed by atoms with Gasteiger partial charge in [-0.15, -0.1) is 0 Å². The van der Waals surface area contributed by atoms with Gasteiger partial charge in [0.1, 0.15) is 11.7 Å². The van der Waals surface area contributed by atoms with E-state index in [2.05, 4.69) is 5.32 Å². The van der Waals surface area contributed by atoms with Gasteiger partial charge in [-0.05, 0) is 30.7 Å². The van der Waals surface area contributed by atoms with Crippen molar-refractivity contribution in [2.45, 2.75) is 13.0 Å². The molecule has 2 rings (SSSR count). The predicted octanol–water partition coefficient (Wildman–Crippen LogP) is 1.70. The number of benzene rings is 1.